The molecule has 0 saturated carbocycles. The summed E-state index contributed by atoms with van der Waals surface area (Å²) >= 11 is 0. The Bertz CT molecular complexity index is 663. The van der Waals surface area contributed by atoms with Gasteiger partial charge in [0.15, 0.2) is 5.96 Å². The minimum Gasteiger partial charge on any atom is -0.379 e. The van der Waals surface area contributed by atoms with Gasteiger partial charge in [-0.1, -0.05) is 24.3 Å². The van der Waals surface area contributed by atoms with Crippen LogP contribution in [0.1, 0.15) is 43.2 Å². The second kappa shape index (κ2) is 13.8. The number of carbonyl (C=O) groups is 1. The van der Waals surface area contributed by atoms with E-state index in [1.165, 1.54) is 11.1 Å². The Morgan fingerprint density at radius 2 is 2.03 bits per heavy atom. The van der Waals surface area contributed by atoms with Crippen molar-refractivity contribution in [3.05, 3.63) is 35.4 Å². The average Bonchev–Trinajstić information content (AvgIpc) is 3.40. The van der Waals surface area contributed by atoms with Crippen molar-refractivity contribution in [2.45, 2.75) is 51.3 Å². The molecular weight excluding hydrogens is 495 g/mol. The molecule has 1 atom stereocenters. The summed E-state index contributed by atoms with van der Waals surface area (Å²) in [5.74, 6) is 1.05. The van der Waals surface area contributed by atoms with Crippen LogP contribution in [0.2, 0.25) is 0 Å². The van der Waals surface area contributed by atoms with Crippen molar-refractivity contribution in [3.8, 4) is 0 Å². The van der Waals surface area contributed by atoms with Crippen molar-refractivity contribution in [1.82, 2.24) is 15.5 Å². The third-order valence-corrected chi connectivity index (χ3v) is 5.34. The summed E-state index contributed by atoms with van der Waals surface area (Å²) < 4.78 is 11.2. The summed E-state index contributed by atoms with van der Waals surface area (Å²) in [6, 6.07) is 8.42. The van der Waals surface area contributed by atoms with Crippen LogP contribution in [0.3, 0.4) is 0 Å². The monoisotopic (exact) mass is 530 g/mol. The van der Waals surface area contributed by atoms with E-state index in [0.717, 1.165) is 57.9 Å². The van der Waals surface area contributed by atoms with Gasteiger partial charge in [0.2, 0.25) is 5.91 Å². The first-order chi connectivity index (χ1) is 14.2. The molecule has 1 aromatic carbocycles. The minimum atomic E-state index is 0. The van der Waals surface area contributed by atoms with Crippen LogP contribution in [-0.2, 0) is 27.4 Å². The molecule has 1 unspecified atom stereocenters. The van der Waals surface area contributed by atoms with Gasteiger partial charge in [-0.2, -0.15) is 0 Å². The summed E-state index contributed by atoms with van der Waals surface area (Å²) in [4.78, 5) is 17.9. The molecule has 7 nitrogen and oxygen atoms in total. The highest BCUT2D eigenvalue weighted by atomic mass is 127. The summed E-state index contributed by atoms with van der Waals surface area (Å²) in [5.41, 5.74) is 2.36. The molecule has 8 heteroatoms. The number of benzene rings is 1. The molecule has 2 N–H and O–H groups in total. The second-order valence-electron chi connectivity index (χ2n) is 7.65. The number of hydrogen-bond donors (Lipinski definition) is 2. The number of hydrogen-bond acceptors (Lipinski definition) is 4. The summed E-state index contributed by atoms with van der Waals surface area (Å²) in [5, 5.41) is 6.65. The van der Waals surface area contributed by atoms with E-state index in [4.69, 9.17) is 9.47 Å². The van der Waals surface area contributed by atoms with Gasteiger partial charge >= 0.3 is 0 Å². The number of halogens is 1. The summed E-state index contributed by atoms with van der Waals surface area (Å²) in [6.45, 7) is 5.42. The van der Waals surface area contributed by atoms with Crippen LogP contribution >= 0.6 is 24.0 Å². The Kier molecular flexibility index (Phi) is 11.5. The van der Waals surface area contributed by atoms with E-state index in [-0.39, 0.29) is 29.9 Å². The van der Waals surface area contributed by atoms with Gasteiger partial charge in [-0.15, -0.1) is 24.0 Å². The number of amides is 1. The van der Waals surface area contributed by atoms with Gasteiger partial charge in [0.1, 0.15) is 0 Å². The first-order valence-corrected chi connectivity index (χ1v) is 10.7. The third-order valence-electron chi connectivity index (χ3n) is 5.34. The van der Waals surface area contributed by atoms with Crippen LogP contribution in [0, 0.1) is 0 Å². The van der Waals surface area contributed by atoms with Crippen molar-refractivity contribution in [2.24, 2.45) is 4.99 Å². The molecule has 1 amide bonds. The fraction of sp³-hybridized carbons (Fsp3) is 0.636. The highest BCUT2D eigenvalue weighted by Crippen LogP contribution is 2.15. The quantitative estimate of drug-likeness (QED) is 0.211. The minimum absolute atomic E-state index is 0. The molecule has 0 aliphatic carbocycles. The van der Waals surface area contributed by atoms with E-state index in [1.807, 2.05) is 4.90 Å². The Labute approximate surface area is 197 Å². The lowest BCUT2D eigenvalue weighted by atomic mass is 10.1. The lowest BCUT2D eigenvalue weighted by Crippen LogP contribution is -2.37. The van der Waals surface area contributed by atoms with E-state index in [2.05, 4.69) is 39.9 Å². The molecule has 168 valence electrons. The smallest absolute Gasteiger partial charge is 0.222 e. The Balaban J connectivity index is 0.00000320. The fourth-order valence-electron chi connectivity index (χ4n) is 3.63. The predicted molar refractivity (Wildman–Crippen MR) is 129 cm³/mol. The Morgan fingerprint density at radius 3 is 2.70 bits per heavy atom. The fourth-order valence-corrected chi connectivity index (χ4v) is 3.63. The van der Waals surface area contributed by atoms with Crippen LogP contribution in [0.25, 0.3) is 0 Å². The molecule has 2 heterocycles. The molecule has 0 spiro atoms. The molecule has 3 rings (SSSR count). The van der Waals surface area contributed by atoms with Crippen LogP contribution in [0.15, 0.2) is 29.3 Å². The van der Waals surface area contributed by atoms with Gasteiger partial charge in [0, 0.05) is 52.9 Å². The highest BCUT2D eigenvalue weighted by molar-refractivity contribution is 14.0. The molecule has 2 aliphatic heterocycles. The number of nitrogens with one attached hydrogen (secondary N) is 2. The van der Waals surface area contributed by atoms with E-state index in [0.29, 0.717) is 32.2 Å². The molecular formula is C22H35IN4O3. The molecule has 0 aromatic heterocycles. The first-order valence-electron chi connectivity index (χ1n) is 10.7. The van der Waals surface area contributed by atoms with Crippen LogP contribution < -0.4 is 10.6 Å². The third kappa shape index (κ3) is 8.39. The van der Waals surface area contributed by atoms with Crippen molar-refractivity contribution >= 4 is 35.8 Å². The summed E-state index contributed by atoms with van der Waals surface area (Å²) in [6.07, 6.45) is 5.16. The molecule has 0 bridgehead atoms. The van der Waals surface area contributed by atoms with E-state index >= 15 is 0 Å². The maximum absolute atomic E-state index is 11.7. The molecule has 2 fully saturated rings. The normalized spacial score (nSPS) is 19.1. The van der Waals surface area contributed by atoms with Gasteiger partial charge in [-0.05, 0) is 36.8 Å². The molecule has 0 radical (unpaired) electrons. The van der Waals surface area contributed by atoms with Crippen LogP contribution in [-0.4, -0.2) is 62.8 Å². The van der Waals surface area contributed by atoms with Gasteiger partial charge in [0.05, 0.1) is 12.7 Å². The molecule has 2 aliphatic rings. The number of nitrogens with zero attached hydrogens (tertiary/aromatic N) is 2. The molecule has 1 aromatic rings. The zero-order valence-electron chi connectivity index (χ0n) is 17.9. The average molecular weight is 530 g/mol. The summed E-state index contributed by atoms with van der Waals surface area (Å²) in [7, 11) is 1.78. The largest absolute Gasteiger partial charge is 0.379 e. The van der Waals surface area contributed by atoms with Gasteiger partial charge in [-0.25, -0.2) is 0 Å². The number of likely N-dealkylation sites (tertiary alicyclic amines) is 1. The van der Waals surface area contributed by atoms with Crippen molar-refractivity contribution in [2.75, 3.05) is 40.0 Å². The lowest BCUT2D eigenvalue weighted by Gasteiger charge is -2.16. The number of rotatable bonds is 10. The maximum Gasteiger partial charge on any atom is 0.222 e. The van der Waals surface area contributed by atoms with Crippen molar-refractivity contribution in [1.29, 1.82) is 0 Å². The topological polar surface area (TPSA) is 75.2 Å². The van der Waals surface area contributed by atoms with E-state index in [1.54, 1.807) is 7.05 Å². The van der Waals surface area contributed by atoms with Gasteiger partial charge in [-0.3, -0.25) is 9.79 Å². The first kappa shape index (κ1) is 24.9. The van der Waals surface area contributed by atoms with Gasteiger partial charge in [0.25, 0.3) is 0 Å². The molecule has 2 saturated heterocycles. The van der Waals surface area contributed by atoms with Crippen LogP contribution in [0.5, 0.6) is 0 Å². The standard InChI is InChI=1S/C22H34N4O3.HI/c1-23-22(24-11-4-13-28-17-20-5-3-14-29-20)25-15-18-7-9-19(10-8-18)16-26-12-2-6-21(26)27;/h7-10,20H,2-6,11-17H2,1H3,(H2,23,24,25);1H. The number of ether oxygens (including phenoxy) is 2. The Hall–Kier alpha value is -1.39. The SMILES string of the molecule is CN=C(NCCCOCC1CCCO1)NCc1ccc(CN2CCCC2=O)cc1.I. The van der Waals surface area contributed by atoms with Crippen molar-refractivity contribution in [3.63, 3.8) is 0 Å². The number of guanidine groups is 1. The maximum atomic E-state index is 11.7. The highest BCUT2D eigenvalue weighted by Gasteiger charge is 2.19. The van der Waals surface area contributed by atoms with Gasteiger partial charge < -0.3 is 25.0 Å². The zero-order chi connectivity index (χ0) is 20.3. The van der Waals surface area contributed by atoms with E-state index < -0.39 is 0 Å². The number of carbonyl (C=O) groups excluding carboxylic acids is 1. The molecule has 30 heavy (non-hydrogen) atoms. The Morgan fingerprint density at radius 1 is 1.23 bits per heavy atom. The predicted octanol–water partition coefficient (Wildman–Crippen LogP) is 2.68. The van der Waals surface area contributed by atoms with Crippen LogP contribution in [0.4, 0.5) is 0 Å². The number of aliphatic imine (C=N–C) groups is 1. The van der Waals surface area contributed by atoms with Crippen molar-refractivity contribution < 1.29 is 14.3 Å². The van der Waals surface area contributed by atoms with E-state index in [9.17, 15) is 4.79 Å². The lowest BCUT2D eigenvalue weighted by molar-refractivity contribution is -0.128. The second-order valence-corrected chi connectivity index (χ2v) is 7.65. The zero-order valence-corrected chi connectivity index (χ0v) is 20.2.